The molecule has 2 aliphatic heterocycles. The third-order valence-electron chi connectivity index (χ3n) is 5.04. The minimum atomic E-state index is -0.938. The largest absolute Gasteiger partial charge is 0.342 e. The number of anilines is 3. The van der Waals surface area contributed by atoms with E-state index in [0.29, 0.717) is 16.7 Å². The molecule has 3 N–H and O–H groups in total. The summed E-state index contributed by atoms with van der Waals surface area (Å²) < 4.78 is 0. The fraction of sp³-hybridized carbons (Fsp3) is 0.368. The van der Waals surface area contributed by atoms with Gasteiger partial charge in [0.2, 0.25) is 17.8 Å². The summed E-state index contributed by atoms with van der Waals surface area (Å²) in [4.78, 5) is 47.0. The molecule has 1 aromatic carbocycles. The summed E-state index contributed by atoms with van der Waals surface area (Å²) in [5.74, 6) is -1.18. The highest BCUT2D eigenvalue weighted by molar-refractivity contribution is 6.33. The maximum absolute atomic E-state index is 12.8. The zero-order valence-electron chi connectivity index (χ0n) is 15.1. The number of carbonyl (C=O) groups is 2. The summed E-state index contributed by atoms with van der Waals surface area (Å²) in [6.07, 6.45) is 3.07. The highest BCUT2D eigenvalue weighted by atomic mass is 35.5. The number of carbonyl (C=O) groups excluding carboxylic acids is 2. The Morgan fingerprint density at radius 3 is 2.68 bits per heavy atom. The number of aromatic amines is 1. The lowest BCUT2D eigenvalue weighted by Crippen LogP contribution is -2.38. The van der Waals surface area contributed by atoms with Crippen molar-refractivity contribution in [2.45, 2.75) is 31.6 Å². The number of nitrogens with one attached hydrogen (secondary N) is 3. The van der Waals surface area contributed by atoms with E-state index in [-0.39, 0.29) is 23.7 Å². The first-order valence-electron chi connectivity index (χ1n) is 9.27. The molecular formula is C19H20ClN5O3. The van der Waals surface area contributed by atoms with Gasteiger partial charge in [0.1, 0.15) is 5.82 Å². The van der Waals surface area contributed by atoms with Gasteiger partial charge in [0, 0.05) is 19.5 Å². The SMILES string of the molecule is O=C1CC(C(=O)Nc2ccccc2Cl)c2c(nc(N3CCCCC3)[nH]c2=O)N1. The molecule has 28 heavy (non-hydrogen) atoms. The average Bonchev–Trinajstić information content (AvgIpc) is 2.69. The van der Waals surface area contributed by atoms with Gasteiger partial charge in [-0.3, -0.25) is 19.4 Å². The molecule has 0 bridgehead atoms. The van der Waals surface area contributed by atoms with Crippen LogP contribution in [-0.4, -0.2) is 34.9 Å². The van der Waals surface area contributed by atoms with Crippen molar-refractivity contribution in [3.05, 3.63) is 45.2 Å². The van der Waals surface area contributed by atoms with Crippen LogP contribution < -0.4 is 21.1 Å². The quantitative estimate of drug-likeness (QED) is 0.732. The number of piperidine rings is 1. The Morgan fingerprint density at radius 1 is 1.18 bits per heavy atom. The molecule has 8 nitrogen and oxygen atoms in total. The van der Waals surface area contributed by atoms with E-state index < -0.39 is 17.4 Å². The Hall–Kier alpha value is -2.87. The molecule has 0 radical (unpaired) electrons. The predicted molar refractivity (Wildman–Crippen MR) is 107 cm³/mol. The van der Waals surface area contributed by atoms with Crippen molar-refractivity contribution in [2.24, 2.45) is 0 Å². The Bertz CT molecular complexity index is 984. The first kappa shape index (κ1) is 18.5. The van der Waals surface area contributed by atoms with Gasteiger partial charge in [-0.2, -0.15) is 4.98 Å². The van der Waals surface area contributed by atoms with Crippen LogP contribution in [0.15, 0.2) is 29.1 Å². The highest BCUT2D eigenvalue weighted by Gasteiger charge is 2.35. The van der Waals surface area contributed by atoms with Gasteiger partial charge in [-0.25, -0.2) is 0 Å². The number of fused-ring (bicyclic) bond motifs is 1. The van der Waals surface area contributed by atoms with Crippen molar-refractivity contribution < 1.29 is 9.59 Å². The predicted octanol–water partition coefficient (Wildman–Crippen LogP) is 2.48. The Morgan fingerprint density at radius 2 is 1.93 bits per heavy atom. The van der Waals surface area contributed by atoms with Crippen LogP contribution in [-0.2, 0) is 9.59 Å². The number of amides is 2. The second kappa shape index (κ2) is 7.63. The smallest absolute Gasteiger partial charge is 0.258 e. The van der Waals surface area contributed by atoms with Gasteiger partial charge in [-0.1, -0.05) is 23.7 Å². The number of benzene rings is 1. The monoisotopic (exact) mass is 401 g/mol. The lowest BCUT2D eigenvalue weighted by atomic mass is 9.92. The number of nitrogens with zero attached hydrogens (tertiary/aromatic N) is 2. The molecule has 9 heteroatoms. The standard InChI is InChI=1S/C19H20ClN5O3/c20-12-6-2-3-7-13(12)21-17(27)11-10-14(26)22-16-15(11)18(28)24-19(23-16)25-8-4-1-5-9-25/h2-3,6-7,11H,1,4-5,8-10H2,(H,21,27)(H2,22,23,24,26,28). The second-order valence-corrected chi connectivity index (χ2v) is 7.38. The van der Waals surface area contributed by atoms with Crippen LogP contribution in [0.4, 0.5) is 17.5 Å². The lowest BCUT2D eigenvalue weighted by Gasteiger charge is -2.29. The summed E-state index contributed by atoms with van der Waals surface area (Å²) in [5.41, 5.74) is 0.186. The molecule has 1 fully saturated rings. The number of hydrogen-bond acceptors (Lipinski definition) is 5. The van der Waals surface area contributed by atoms with Gasteiger partial charge in [0.15, 0.2) is 0 Å². The molecule has 0 saturated carbocycles. The van der Waals surface area contributed by atoms with Crippen LogP contribution in [0.3, 0.4) is 0 Å². The van der Waals surface area contributed by atoms with E-state index in [9.17, 15) is 14.4 Å². The molecule has 0 spiro atoms. The molecular weight excluding hydrogens is 382 g/mol. The summed E-state index contributed by atoms with van der Waals surface area (Å²) in [6, 6.07) is 6.80. The van der Waals surface area contributed by atoms with Crippen molar-refractivity contribution in [1.82, 2.24) is 9.97 Å². The zero-order chi connectivity index (χ0) is 19.7. The number of hydrogen-bond donors (Lipinski definition) is 3. The summed E-state index contributed by atoms with van der Waals surface area (Å²) in [6.45, 7) is 1.60. The van der Waals surface area contributed by atoms with E-state index in [2.05, 4.69) is 20.6 Å². The molecule has 2 aromatic rings. The van der Waals surface area contributed by atoms with Gasteiger partial charge in [-0.15, -0.1) is 0 Å². The summed E-state index contributed by atoms with van der Waals surface area (Å²) in [7, 11) is 0. The van der Waals surface area contributed by atoms with Gasteiger partial charge >= 0.3 is 0 Å². The highest BCUT2D eigenvalue weighted by Crippen LogP contribution is 2.31. The van der Waals surface area contributed by atoms with Crippen LogP contribution in [0.2, 0.25) is 5.02 Å². The second-order valence-electron chi connectivity index (χ2n) is 6.97. The van der Waals surface area contributed by atoms with E-state index in [1.165, 1.54) is 0 Å². The Labute approximate surface area is 166 Å². The first-order chi connectivity index (χ1) is 13.5. The summed E-state index contributed by atoms with van der Waals surface area (Å²) >= 11 is 6.09. The molecule has 4 rings (SSSR count). The van der Waals surface area contributed by atoms with Gasteiger partial charge < -0.3 is 15.5 Å². The molecule has 1 unspecified atom stereocenters. The van der Waals surface area contributed by atoms with E-state index in [4.69, 9.17) is 11.6 Å². The van der Waals surface area contributed by atoms with E-state index in [0.717, 1.165) is 32.4 Å². The molecule has 0 aliphatic carbocycles. The third kappa shape index (κ3) is 3.60. The third-order valence-corrected chi connectivity index (χ3v) is 5.37. The van der Waals surface area contributed by atoms with Crippen molar-refractivity contribution >= 4 is 40.9 Å². The van der Waals surface area contributed by atoms with Crippen LogP contribution in [0.1, 0.15) is 37.2 Å². The molecule has 3 heterocycles. The molecule has 2 amide bonds. The number of H-pyrrole nitrogens is 1. The van der Waals surface area contributed by atoms with Crippen LogP contribution in [0.25, 0.3) is 0 Å². The van der Waals surface area contributed by atoms with Gasteiger partial charge in [0.25, 0.3) is 5.56 Å². The minimum Gasteiger partial charge on any atom is -0.342 e. The molecule has 1 atom stereocenters. The van der Waals surface area contributed by atoms with E-state index in [1.54, 1.807) is 24.3 Å². The Kier molecular flexibility index (Phi) is 5.04. The molecule has 1 saturated heterocycles. The fourth-order valence-corrected chi connectivity index (χ4v) is 3.80. The van der Waals surface area contributed by atoms with Gasteiger partial charge in [0.05, 0.1) is 22.2 Å². The average molecular weight is 402 g/mol. The molecule has 2 aliphatic rings. The first-order valence-corrected chi connectivity index (χ1v) is 9.65. The zero-order valence-corrected chi connectivity index (χ0v) is 15.9. The maximum atomic E-state index is 12.8. The number of para-hydroxylation sites is 1. The van der Waals surface area contributed by atoms with Crippen molar-refractivity contribution in [2.75, 3.05) is 28.6 Å². The molecule has 146 valence electrons. The number of aromatic nitrogens is 2. The van der Waals surface area contributed by atoms with Crippen molar-refractivity contribution in [1.29, 1.82) is 0 Å². The molecule has 1 aromatic heterocycles. The minimum absolute atomic E-state index is 0.128. The van der Waals surface area contributed by atoms with Gasteiger partial charge in [-0.05, 0) is 31.4 Å². The summed E-state index contributed by atoms with van der Waals surface area (Å²) in [5, 5.41) is 5.72. The van der Waals surface area contributed by atoms with Crippen molar-refractivity contribution in [3.63, 3.8) is 0 Å². The number of halogens is 1. The van der Waals surface area contributed by atoms with Crippen LogP contribution in [0.5, 0.6) is 0 Å². The normalized spacial score (nSPS) is 19.0. The van der Waals surface area contributed by atoms with E-state index in [1.807, 2.05) is 4.90 Å². The van der Waals surface area contributed by atoms with E-state index >= 15 is 0 Å². The Balaban J connectivity index is 1.66. The van der Waals surface area contributed by atoms with Crippen molar-refractivity contribution in [3.8, 4) is 0 Å². The maximum Gasteiger partial charge on any atom is 0.258 e. The van der Waals surface area contributed by atoms with Crippen LogP contribution in [0, 0.1) is 0 Å². The lowest BCUT2D eigenvalue weighted by molar-refractivity contribution is -0.123. The fourth-order valence-electron chi connectivity index (χ4n) is 3.62. The van der Waals surface area contributed by atoms with Crippen LogP contribution >= 0.6 is 11.6 Å². The topological polar surface area (TPSA) is 107 Å². The number of rotatable bonds is 3.